The Morgan fingerprint density at radius 2 is 1.90 bits per heavy atom. The molecule has 20 heavy (non-hydrogen) atoms. The molecule has 1 atom stereocenters. The van der Waals surface area contributed by atoms with Gasteiger partial charge in [-0.3, -0.25) is 4.79 Å². The molecule has 1 saturated heterocycles. The van der Waals surface area contributed by atoms with Gasteiger partial charge in [-0.05, 0) is 44.7 Å². The molecule has 0 aromatic heterocycles. The van der Waals surface area contributed by atoms with Gasteiger partial charge in [0, 0.05) is 19.0 Å². The molecule has 1 N–H and O–H groups in total. The Morgan fingerprint density at radius 3 is 2.45 bits per heavy atom. The summed E-state index contributed by atoms with van der Waals surface area (Å²) in [6, 6.07) is 0.479. The zero-order valence-corrected chi connectivity index (χ0v) is 13.8. The predicted octanol–water partition coefficient (Wildman–Crippen LogP) is 3.58. The molecule has 0 saturated carbocycles. The number of amides is 1. The highest BCUT2D eigenvalue weighted by Crippen LogP contribution is 2.21. The summed E-state index contributed by atoms with van der Waals surface area (Å²) < 4.78 is 0. The van der Waals surface area contributed by atoms with Crippen LogP contribution < -0.4 is 5.32 Å². The van der Waals surface area contributed by atoms with E-state index in [4.69, 9.17) is 0 Å². The summed E-state index contributed by atoms with van der Waals surface area (Å²) in [5.74, 6) is 0.991. The first kappa shape index (κ1) is 17.5. The van der Waals surface area contributed by atoms with Crippen molar-refractivity contribution in [2.45, 2.75) is 78.2 Å². The standard InChI is InChI=1S/C17H34N2O/c1-4-7-8-15(6-3)14-17(20)19(13-5-2)16-9-11-18-12-10-16/h15-16,18H,4-14H2,1-3H3. The van der Waals surface area contributed by atoms with E-state index in [0.717, 1.165) is 51.7 Å². The Balaban J connectivity index is 2.53. The number of nitrogens with one attached hydrogen (secondary N) is 1. The molecule has 0 aromatic rings. The highest BCUT2D eigenvalue weighted by atomic mass is 16.2. The Morgan fingerprint density at radius 1 is 1.20 bits per heavy atom. The lowest BCUT2D eigenvalue weighted by Crippen LogP contribution is -2.46. The van der Waals surface area contributed by atoms with Gasteiger partial charge >= 0.3 is 0 Å². The molecule has 0 spiro atoms. The molecule has 3 nitrogen and oxygen atoms in total. The minimum atomic E-state index is 0.404. The van der Waals surface area contributed by atoms with Crippen molar-refractivity contribution < 1.29 is 4.79 Å². The molecule has 3 heteroatoms. The average Bonchev–Trinajstić information content (AvgIpc) is 2.49. The first-order chi connectivity index (χ1) is 9.72. The Labute approximate surface area is 125 Å². The molecule has 0 aromatic carbocycles. The summed E-state index contributed by atoms with van der Waals surface area (Å²) in [4.78, 5) is 14.9. The highest BCUT2D eigenvalue weighted by Gasteiger charge is 2.25. The van der Waals surface area contributed by atoms with Crippen molar-refractivity contribution in [3.8, 4) is 0 Å². The van der Waals surface area contributed by atoms with Gasteiger partial charge < -0.3 is 10.2 Å². The summed E-state index contributed by atoms with van der Waals surface area (Å²) in [6.45, 7) is 9.69. The summed E-state index contributed by atoms with van der Waals surface area (Å²) in [5, 5.41) is 3.39. The summed E-state index contributed by atoms with van der Waals surface area (Å²) in [6.07, 6.45) is 8.92. The maximum atomic E-state index is 12.7. The van der Waals surface area contributed by atoms with Gasteiger partial charge in [0.15, 0.2) is 0 Å². The summed E-state index contributed by atoms with van der Waals surface area (Å²) in [5.41, 5.74) is 0. The summed E-state index contributed by atoms with van der Waals surface area (Å²) in [7, 11) is 0. The topological polar surface area (TPSA) is 32.3 Å². The fraction of sp³-hybridized carbons (Fsp3) is 0.941. The molecule has 1 aliphatic rings. The molecule has 0 radical (unpaired) electrons. The van der Waals surface area contributed by atoms with Crippen LogP contribution in [0.2, 0.25) is 0 Å². The van der Waals surface area contributed by atoms with Crippen molar-refractivity contribution in [1.29, 1.82) is 0 Å². The van der Waals surface area contributed by atoms with Crippen molar-refractivity contribution in [1.82, 2.24) is 10.2 Å². The second-order valence-electron chi connectivity index (χ2n) is 6.19. The van der Waals surface area contributed by atoms with E-state index in [-0.39, 0.29) is 0 Å². The summed E-state index contributed by atoms with van der Waals surface area (Å²) >= 11 is 0. The van der Waals surface area contributed by atoms with Gasteiger partial charge in [-0.15, -0.1) is 0 Å². The van der Waals surface area contributed by atoms with Gasteiger partial charge in [0.05, 0.1) is 0 Å². The first-order valence-electron chi connectivity index (χ1n) is 8.73. The van der Waals surface area contributed by atoms with Crippen LogP contribution in [0.25, 0.3) is 0 Å². The van der Waals surface area contributed by atoms with E-state index in [9.17, 15) is 4.79 Å². The third-order valence-corrected chi connectivity index (χ3v) is 4.54. The number of carbonyl (C=O) groups excluding carboxylic acids is 1. The van der Waals surface area contributed by atoms with E-state index in [1.807, 2.05) is 0 Å². The van der Waals surface area contributed by atoms with E-state index in [1.54, 1.807) is 0 Å². The smallest absolute Gasteiger partial charge is 0.223 e. The van der Waals surface area contributed by atoms with Crippen LogP contribution in [-0.2, 0) is 4.79 Å². The Kier molecular flexibility index (Phi) is 8.92. The van der Waals surface area contributed by atoms with Crippen molar-refractivity contribution >= 4 is 5.91 Å². The molecule has 1 unspecified atom stereocenters. The SMILES string of the molecule is CCCCC(CC)CC(=O)N(CCC)C1CCNCC1. The van der Waals surface area contributed by atoms with E-state index < -0.39 is 0 Å². The number of hydrogen-bond donors (Lipinski definition) is 1. The van der Waals surface area contributed by atoms with Crippen LogP contribution in [-0.4, -0.2) is 36.5 Å². The lowest BCUT2D eigenvalue weighted by atomic mass is 9.94. The van der Waals surface area contributed by atoms with Gasteiger partial charge in [-0.25, -0.2) is 0 Å². The van der Waals surface area contributed by atoms with Crippen molar-refractivity contribution in [3.05, 3.63) is 0 Å². The van der Waals surface area contributed by atoms with Crippen LogP contribution in [0.3, 0.4) is 0 Å². The molecule has 1 fully saturated rings. The van der Waals surface area contributed by atoms with Gasteiger partial charge in [-0.1, -0.05) is 40.0 Å². The third kappa shape index (κ3) is 5.82. The highest BCUT2D eigenvalue weighted by molar-refractivity contribution is 5.76. The van der Waals surface area contributed by atoms with Crippen molar-refractivity contribution in [3.63, 3.8) is 0 Å². The Hall–Kier alpha value is -0.570. The van der Waals surface area contributed by atoms with Gasteiger partial charge in [0.25, 0.3) is 0 Å². The molecular weight excluding hydrogens is 248 g/mol. The zero-order chi connectivity index (χ0) is 14.8. The molecule has 118 valence electrons. The van der Waals surface area contributed by atoms with Crippen molar-refractivity contribution in [2.24, 2.45) is 5.92 Å². The quantitative estimate of drug-likeness (QED) is 0.701. The van der Waals surface area contributed by atoms with Gasteiger partial charge in [-0.2, -0.15) is 0 Å². The molecule has 0 aliphatic carbocycles. The van der Waals surface area contributed by atoms with Gasteiger partial charge in [0.2, 0.25) is 5.91 Å². The predicted molar refractivity (Wildman–Crippen MR) is 85.8 cm³/mol. The minimum Gasteiger partial charge on any atom is -0.340 e. The lowest BCUT2D eigenvalue weighted by Gasteiger charge is -2.35. The zero-order valence-electron chi connectivity index (χ0n) is 13.8. The second-order valence-corrected chi connectivity index (χ2v) is 6.19. The number of piperidine rings is 1. The number of rotatable bonds is 9. The molecule has 0 bridgehead atoms. The van der Waals surface area contributed by atoms with Crippen LogP contribution in [0.4, 0.5) is 0 Å². The van der Waals surface area contributed by atoms with Gasteiger partial charge in [0.1, 0.15) is 0 Å². The van der Waals surface area contributed by atoms with Crippen LogP contribution >= 0.6 is 0 Å². The molecule has 1 aliphatic heterocycles. The number of carbonyl (C=O) groups is 1. The maximum Gasteiger partial charge on any atom is 0.223 e. The van der Waals surface area contributed by atoms with E-state index in [1.165, 1.54) is 19.3 Å². The van der Waals surface area contributed by atoms with E-state index >= 15 is 0 Å². The maximum absolute atomic E-state index is 12.7. The minimum absolute atomic E-state index is 0.404. The molecule has 1 rings (SSSR count). The first-order valence-corrected chi connectivity index (χ1v) is 8.73. The molecule has 1 amide bonds. The van der Waals surface area contributed by atoms with Crippen LogP contribution in [0, 0.1) is 5.92 Å². The normalized spacial score (nSPS) is 17.9. The number of unbranched alkanes of at least 4 members (excludes halogenated alkanes) is 1. The average molecular weight is 282 g/mol. The molecule has 1 heterocycles. The van der Waals surface area contributed by atoms with E-state index in [0.29, 0.717) is 17.9 Å². The monoisotopic (exact) mass is 282 g/mol. The second kappa shape index (κ2) is 10.2. The number of nitrogens with zero attached hydrogens (tertiary/aromatic N) is 1. The van der Waals surface area contributed by atoms with Crippen LogP contribution in [0.15, 0.2) is 0 Å². The van der Waals surface area contributed by atoms with Crippen molar-refractivity contribution in [2.75, 3.05) is 19.6 Å². The van der Waals surface area contributed by atoms with E-state index in [2.05, 4.69) is 31.0 Å². The van der Waals surface area contributed by atoms with Crippen LogP contribution in [0.5, 0.6) is 0 Å². The fourth-order valence-electron chi connectivity index (χ4n) is 3.18. The molecular formula is C17H34N2O. The Bertz CT molecular complexity index is 262. The fourth-order valence-corrected chi connectivity index (χ4v) is 3.18. The lowest BCUT2D eigenvalue weighted by molar-refractivity contribution is -0.135. The third-order valence-electron chi connectivity index (χ3n) is 4.54. The largest absolute Gasteiger partial charge is 0.340 e. The number of hydrogen-bond acceptors (Lipinski definition) is 2. The van der Waals surface area contributed by atoms with Crippen LogP contribution in [0.1, 0.15) is 72.1 Å².